The predicted octanol–water partition coefficient (Wildman–Crippen LogP) is 3.34. The molecule has 4 heterocycles. The molecule has 0 unspecified atom stereocenters. The zero-order valence-electron chi connectivity index (χ0n) is 20.6. The molecule has 1 aliphatic heterocycles. The molecule has 1 aromatic carbocycles. The molecule has 10 heteroatoms. The molecule has 0 bridgehead atoms. The van der Waals surface area contributed by atoms with Crippen molar-refractivity contribution in [2.45, 2.75) is 58.0 Å². The topological polar surface area (TPSA) is 111 Å². The van der Waals surface area contributed by atoms with Gasteiger partial charge in [0.05, 0.1) is 5.41 Å². The summed E-state index contributed by atoms with van der Waals surface area (Å²) in [6.45, 7) is 5.57. The van der Waals surface area contributed by atoms with E-state index < -0.39 is 5.41 Å². The molecule has 2 N–H and O–H groups in total. The first-order valence-electron chi connectivity index (χ1n) is 12.4. The zero-order chi connectivity index (χ0) is 25.0. The Labute approximate surface area is 209 Å². The summed E-state index contributed by atoms with van der Waals surface area (Å²) in [5.74, 6) is 1.26. The lowest BCUT2D eigenvalue weighted by Crippen LogP contribution is -2.36. The minimum atomic E-state index is -0.537. The van der Waals surface area contributed by atoms with E-state index in [1.54, 1.807) is 10.8 Å². The summed E-state index contributed by atoms with van der Waals surface area (Å²) in [6, 6.07) is 8.10. The number of allylic oxidation sites excluding steroid dienone is 2. The number of nitrogens with zero attached hydrogens (tertiary/aromatic N) is 7. The second-order valence-electron chi connectivity index (χ2n) is 9.09. The van der Waals surface area contributed by atoms with E-state index in [-0.39, 0.29) is 5.69 Å². The summed E-state index contributed by atoms with van der Waals surface area (Å²) in [4.78, 5) is 18.4. The number of aromatic nitrogens is 8. The van der Waals surface area contributed by atoms with Gasteiger partial charge in [0.1, 0.15) is 0 Å². The van der Waals surface area contributed by atoms with Crippen molar-refractivity contribution in [2.75, 3.05) is 0 Å². The van der Waals surface area contributed by atoms with Gasteiger partial charge in [-0.25, -0.2) is 19.4 Å². The van der Waals surface area contributed by atoms with Crippen LogP contribution in [-0.4, -0.2) is 39.3 Å². The molecule has 0 atom stereocenters. The number of aryl methyl sites for hydroxylation is 2. The molecule has 186 valence electrons. The molecule has 0 spiro atoms. The zero-order valence-corrected chi connectivity index (χ0v) is 20.6. The van der Waals surface area contributed by atoms with Gasteiger partial charge in [-0.15, -0.1) is 5.10 Å². The molecule has 0 saturated heterocycles. The standard InChI is InChI=1S/C26H31N9O/c1-3-5-15-33-16-14-28-24(33)34-18-22(7-4-2)35(25(34)36)19-26(10-12-27-13-11-26)21-9-6-8-20(17-21)23-29-31-32-30-23/h6,8-14,16-18,27H,3-5,7,15,19H2,1-2H3,(H,29,30,31,32). The van der Waals surface area contributed by atoms with Gasteiger partial charge in [-0.1, -0.05) is 57.0 Å². The van der Waals surface area contributed by atoms with E-state index >= 15 is 0 Å². The lowest BCUT2D eigenvalue weighted by molar-refractivity contribution is 0.496. The number of hydrogen-bond acceptors (Lipinski definition) is 6. The van der Waals surface area contributed by atoms with E-state index in [2.05, 4.69) is 73.6 Å². The first-order chi connectivity index (χ1) is 17.6. The second-order valence-corrected chi connectivity index (χ2v) is 9.09. The summed E-state index contributed by atoms with van der Waals surface area (Å²) < 4.78 is 5.64. The molecule has 0 aliphatic carbocycles. The van der Waals surface area contributed by atoms with Gasteiger partial charge >= 0.3 is 5.69 Å². The smallest absolute Gasteiger partial charge is 0.335 e. The highest BCUT2D eigenvalue weighted by Crippen LogP contribution is 2.33. The van der Waals surface area contributed by atoms with Crippen LogP contribution in [-0.2, 0) is 24.9 Å². The first kappa shape index (κ1) is 23.5. The molecule has 36 heavy (non-hydrogen) atoms. The highest BCUT2D eigenvalue weighted by Gasteiger charge is 2.31. The molecule has 4 aromatic rings. The third-order valence-corrected chi connectivity index (χ3v) is 6.62. The Balaban J connectivity index is 1.59. The Morgan fingerprint density at radius 1 is 1.11 bits per heavy atom. The van der Waals surface area contributed by atoms with Crippen LogP contribution in [0.4, 0.5) is 0 Å². The van der Waals surface area contributed by atoms with Crippen LogP contribution in [0, 0.1) is 0 Å². The van der Waals surface area contributed by atoms with Gasteiger partial charge < -0.3 is 9.88 Å². The minimum Gasteiger partial charge on any atom is -0.368 e. The van der Waals surface area contributed by atoms with Crippen molar-refractivity contribution in [3.8, 4) is 17.3 Å². The van der Waals surface area contributed by atoms with Crippen LogP contribution in [0.2, 0.25) is 0 Å². The van der Waals surface area contributed by atoms with Crippen LogP contribution in [0.5, 0.6) is 0 Å². The third-order valence-electron chi connectivity index (χ3n) is 6.62. The first-order valence-corrected chi connectivity index (χ1v) is 12.4. The average molecular weight is 486 g/mol. The maximum atomic E-state index is 13.9. The Hall–Kier alpha value is -4.21. The van der Waals surface area contributed by atoms with Crippen molar-refractivity contribution in [2.24, 2.45) is 0 Å². The van der Waals surface area contributed by atoms with E-state index in [1.807, 2.05) is 41.5 Å². The molecule has 0 amide bonds. The van der Waals surface area contributed by atoms with E-state index in [9.17, 15) is 4.79 Å². The van der Waals surface area contributed by atoms with E-state index in [0.29, 0.717) is 18.3 Å². The number of H-pyrrole nitrogens is 1. The maximum absolute atomic E-state index is 13.9. The van der Waals surface area contributed by atoms with Crippen LogP contribution in [0.1, 0.15) is 44.4 Å². The summed E-state index contributed by atoms with van der Waals surface area (Å²) in [6.07, 6.45) is 17.5. The minimum absolute atomic E-state index is 0.0855. The number of nitrogens with one attached hydrogen (secondary N) is 2. The van der Waals surface area contributed by atoms with E-state index in [0.717, 1.165) is 49.0 Å². The van der Waals surface area contributed by atoms with Gasteiger partial charge in [-0.2, -0.15) is 0 Å². The largest absolute Gasteiger partial charge is 0.368 e. The number of dihydropyridines is 1. The van der Waals surface area contributed by atoms with E-state index in [4.69, 9.17) is 0 Å². The molecular weight excluding hydrogens is 454 g/mol. The number of unbranched alkanes of at least 4 members (excludes halogenated alkanes) is 1. The number of aromatic amines is 1. The van der Waals surface area contributed by atoms with E-state index in [1.165, 1.54) is 0 Å². The van der Waals surface area contributed by atoms with Gasteiger partial charge in [0.25, 0.3) is 0 Å². The summed E-state index contributed by atoms with van der Waals surface area (Å²) >= 11 is 0. The Bertz CT molecular complexity index is 1410. The number of benzene rings is 1. The molecule has 3 aromatic heterocycles. The lowest BCUT2D eigenvalue weighted by Gasteiger charge is -2.31. The van der Waals surface area contributed by atoms with Crippen molar-refractivity contribution in [3.63, 3.8) is 0 Å². The monoisotopic (exact) mass is 485 g/mol. The van der Waals surface area contributed by atoms with Crippen molar-refractivity contribution in [1.29, 1.82) is 0 Å². The van der Waals surface area contributed by atoms with Gasteiger partial charge in [0.2, 0.25) is 5.95 Å². The Morgan fingerprint density at radius 3 is 2.72 bits per heavy atom. The summed E-state index contributed by atoms with van der Waals surface area (Å²) in [5.41, 5.74) is 2.29. The quantitative estimate of drug-likeness (QED) is 0.356. The lowest BCUT2D eigenvalue weighted by atomic mass is 9.78. The highest BCUT2D eigenvalue weighted by molar-refractivity contribution is 5.57. The Morgan fingerprint density at radius 2 is 1.97 bits per heavy atom. The van der Waals surface area contributed by atoms with Crippen molar-refractivity contribution >= 4 is 0 Å². The molecule has 0 saturated carbocycles. The van der Waals surface area contributed by atoms with Gasteiger partial charge in [0.15, 0.2) is 5.82 Å². The van der Waals surface area contributed by atoms with Crippen LogP contribution >= 0.6 is 0 Å². The normalized spacial score (nSPS) is 14.3. The second kappa shape index (κ2) is 10.2. The fraction of sp³-hybridized carbons (Fsp3) is 0.346. The van der Waals surface area contributed by atoms with Crippen molar-refractivity contribution < 1.29 is 0 Å². The number of imidazole rings is 2. The van der Waals surface area contributed by atoms with Crippen molar-refractivity contribution in [1.82, 2.24) is 44.6 Å². The van der Waals surface area contributed by atoms with Gasteiger partial charge in [0, 0.05) is 42.9 Å². The van der Waals surface area contributed by atoms with Gasteiger partial charge in [-0.3, -0.25) is 4.57 Å². The Kier molecular flexibility index (Phi) is 6.66. The van der Waals surface area contributed by atoms with Crippen LogP contribution in [0.25, 0.3) is 17.3 Å². The van der Waals surface area contributed by atoms with Crippen LogP contribution < -0.4 is 11.0 Å². The summed E-state index contributed by atoms with van der Waals surface area (Å²) in [5, 5.41) is 17.4. The van der Waals surface area contributed by atoms with Crippen LogP contribution in [0.3, 0.4) is 0 Å². The molecule has 5 rings (SSSR count). The molecule has 0 radical (unpaired) electrons. The number of tetrazole rings is 1. The SMILES string of the molecule is CCCCn1ccnc1-n1cc(CCC)n(CC2(c3cccc(-c4nnn[nH]4)c3)C=CNC=C2)c1=O. The molecular formula is C26H31N9O. The molecule has 0 fully saturated rings. The van der Waals surface area contributed by atoms with Crippen molar-refractivity contribution in [3.05, 3.63) is 89.1 Å². The van der Waals surface area contributed by atoms with Crippen LogP contribution in [0.15, 0.2) is 72.2 Å². The fourth-order valence-corrected chi connectivity index (χ4v) is 4.71. The number of hydrogen-bond donors (Lipinski definition) is 2. The average Bonchev–Trinajstić information content (AvgIpc) is 3.66. The highest BCUT2D eigenvalue weighted by atomic mass is 16.1. The maximum Gasteiger partial charge on any atom is 0.335 e. The predicted molar refractivity (Wildman–Crippen MR) is 137 cm³/mol. The summed E-state index contributed by atoms with van der Waals surface area (Å²) in [7, 11) is 0. The third kappa shape index (κ3) is 4.41. The molecule has 10 nitrogen and oxygen atoms in total. The fourth-order valence-electron chi connectivity index (χ4n) is 4.71. The molecule has 1 aliphatic rings. The number of rotatable bonds is 10. The van der Waals surface area contributed by atoms with Gasteiger partial charge in [-0.05, 0) is 47.3 Å².